The monoisotopic (exact) mass is 283 g/mol. The van der Waals surface area contributed by atoms with Crippen molar-refractivity contribution in [2.75, 3.05) is 10.6 Å². The molecule has 106 valence electrons. The predicted octanol–water partition coefficient (Wildman–Crippen LogP) is 4.03. The van der Waals surface area contributed by atoms with E-state index in [1.54, 1.807) is 0 Å². The van der Waals surface area contributed by atoms with E-state index >= 15 is 0 Å². The minimum absolute atomic E-state index is 0.339. The van der Waals surface area contributed by atoms with Gasteiger partial charge < -0.3 is 9.72 Å². The lowest BCUT2D eigenvalue weighted by Crippen LogP contribution is -2.20. The van der Waals surface area contributed by atoms with Crippen LogP contribution in [-0.2, 0) is 0 Å². The highest BCUT2D eigenvalue weighted by Gasteiger charge is 2.07. The molecule has 0 unspecified atom stereocenters. The summed E-state index contributed by atoms with van der Waals surface area (Å²) in [5, 5.41) is 5.44. The summed E-state index contributed by atoms with van der Waals surface area (Å²) >= 11 is 0. The Morgan fingerprint density at radius 3 is 2.57 bits per heavy atom. The summed E-state index contributed by atoms with van der Waals surface area (Å²) in [7, 11) is 0. The van der Waals surface area contributed by atoms with Crippen LogP contribution in [0.3, 0.4) is 0 Å². The van der Waals surface area contributed by atoms with Gasteiger partial charge in [0, 0.05) is 17.4 Å². The Morgan fingerprint density at radius 1 is 1.05 bits per heavy atom. The highest BCUT2D eigenvalue weighted by Crippen LogP contribution is 2.17. The number of halogens is 1. The number of nitrogens with one attached hydrogen (secondary N) is 2. The Balaban J connectivity index is 1.78. The molecule has 2 heterocycles. The van der Waals surface area contributed by atoms with Crippen molar-refractivity contribution in [3.8, 4) is 0 Å². The summed E-state index contributed by atoms with van der Waals surface area (Å²) < 4.78 is 14.7. The number of rotatable bonds is 2. The second kappa shape index (κ2) is 5.28. The number of anilines is 2. The first-order valence-corrected chi connectivity index (χ1v) is 6.54. The van der Waals surface area contributed by atoms with Gasteiger partial charge in [0.25, 0.3) is 0 Å². The molecule has 0 fully saturated rings. The lowest BCUT2D eigenvalue weighted by Gasteiger charge is -2.10. The molecule has 0 spiro atoms. The van der Waals surface area contributed by atoms with Crippen LogP contribution in [0.4, 0.5) is 20.7 Å². The lowest BCUT2D eigenvalue weighted by molar-refractivity contribution is 0.262. The van der Waals surface area contributed by atoms with Gasteiger partial charge in [0.05, 0.1) is 0 Å². The molecule has 0 saturated heterocycles. The lowest BCUT2D eigenvalue weighted by atomic mass is 10.3. The van der Waals surface area contributed by atoms with Crippen molar-refractivity contribution < 1.29 is 9.18 Å². The topological polar surface area (TPSA) is 45.5 Å². The maximum atomic E-state index is 12.8. The summed E-state index contributed by atoms with van der Waals surface area (Å²) in [6, 6.07) is 12.9. The van der Waals surface area contributed by atoms with Crippen molar-refractivity contribution in [2.24, 2.45) is 0 Å². The third-order valence-electron chi connectivity index (χ3n) is 3.25. The average molecular weight is 283 g/mol. The van der Waals surface area contributed by atoms with Gasteiger partial charge in [-0.15, -0.1) is 0 Å². The molecule has 0 aliphatic carbocycles. The molecular formula is C16H14FN3O. The van der Waals surface area contributed by atoms with E-state index in [0.29, 0.717) is 11.5 Å². The fourth-order valence-corrected chi connectivity index (χ4v) is 2.19. The molecule has 2 aromatic heterocycles. The molecule has 1 aromatic carbocycles. The first kappa shape index (κ1) is 13.2. The third-order valence-corrected chi connectivity index (χ3v) is 3.25. The molecule has 2 N–H and O–H groups in total. The zero-order valence-electron chi connectivity index (χ0n) is 11.4. The highest BCUT2D eigenvalue weighted by atomic mass is 19.1. The van der Waals surface area contributed by atoms with Crippen LogP contribution in [0.1, 0.15) is 5.56 Å². The Bertz CT molecular complexity index is 793. The summed E-state index contributed by atoms with van der Waals surface area (Å²) in [4.78, 5) is 12.0. The van der Waals surface area contributed by atoms with Gasteiger partial charge in [-0.3, -0.25) is 5.32 Å². The van der Waals surface area contributed by atoms with E-state index in [0.717, 1.165) is 11.1 Å². The number of hydrogen-bond donors (Lipinski definition) is 2. The van der Waals surface area contributed by atoms with E-state index in [4.69, 9.17) is 0 Å². The SMILES string of the molecule is Cc1ccn2c(NC(=O)Nc3ccc(F)cc3)cccc12. The molecule has 0 aliphatic rings. The molecule has 0 bridgehead atoms. The van der Waals surface area contributed by atoms with E-state index in [9.17, 15) is 9.18 Å². The number of pyridine rings is 1. The number of fused-ring (bicyclic) bond motifs is 1. The molecule has 0 atom stereocenters. The van der Waals surface area contributed by atoms with Crippen molar-refractivity contribution >= 4 is 23.1 Å². The molecule has 3 aromatic rings. The minimum Gasteiger partial charge on any atom is -0.308 e. The predicted molar refractivity (Wildman–Crippen MR) is 81.2 cm³/mol. The highest BCUT2D eigenvalue weighted by molar-refractivity contribution is 5.99. The molecular weight excluding hydrogens is 269 g/mol. The van der Waals surface area contributed by atoms with Crippen LogP contribution in [-0.4, -0.2) is 10.4 Å². The van der Waals surface area contributed by atoms with Crippen molar-refractivity contribution in [1.82, 2.24) is 4.40 Å². The van der Waals surface area contributed by atoms with Gasteiger partial charge in [0.1, 0.15) is 11.6 Å². The van der Waals surface area contributed by atoms with Gasteiger partial charge >= 0.3 is 6.03 Å². The zero-order valence-corrected chi connectivity index (χ0v) is 11.4. The van der Waals surface area contributed by atoms with Crippen LogP contribution >= 0.6 is 0 Å². The largest absolute Gasteiger partial charge is 0.324 e. The van der Waals surface area contributed by atoms with Gasteiger partial charge in [-0.1, -0.05) is 6.07 Å². The zero-order chi connectivity index (χ0) is 14.8. The molecule has 21 heavy (non-hydrogen) atoms. The minimum atomic E-state index is -0.375. The second-order valence-electron chi connectivity index (χ2n) is 4.75. The Kier molecular flexibility index (Phi) is 3.31. The molecule has 4 nitrogen and oxygen atoms in total. The number of hydrogen-bond acceptors (Lipinski definition) is 1. The molecule has 5 heteroatoms. The van der Waals surface area contributed by atoms with Crippen molar-refractivity contribution in [3.63, 3.8) is 0 Å². The summed E-state index contributed by atoms with van der Waals surface area (Å²) in [6.07, 6.45) is 1.90. The van der Waals surface area contributed by atoms with Crippen molar-refractivity contribution in [1.29, 1.82) is 0 Å². The number of urea groups is 1. The average Bonchev–Trinajstić information content (AvgIpc) is 2.84. The van der Waals surface area contributed by atoms with E-state index in [1.807, 2.05) is 41.8 Å². The number of aromatic nitrogens is 1. The van der Waals surface area contributed by atoms with Gasteiger partial charge in [-0.25, -0.2) is 9.18 Å². The Hall–Kier alpha value is -2.82. The standard InChI is InChI=1S/C16H14FN3O/c1-11-9-10-20-14(11)3-2-4-15(20)19-16(21)18-13-7-5-12(17)6-8-13/h2-10H,1H3,(H2,18,19,21). The first-order chi connectivity index (χ1) is 10.1. The third kappa shape index (κ3) is 2.72. The van der Waals surface area contributed by atoms with Crippen molar-refractivity contribution in [2.45, 2.75) is 6.92 Å². The van der Waals surface area contributed by atoms with Crippen LogP contribution in [0.25, 0.3) is 5.52 Å². The first-order valence-electron chi connectivity index (χ1n) is 6.54. The number of nitrogens with zero attached hydrogens (tertiary/aromatic N) is 1. The van der Waals surface area contributed by atoms with Crippen LogP contribution in [0, 0.1) is 12.7 Å². The number of amides is 2. The van der Waals surface area contributed by atoms with E-state index in [2.05, 4.69) is 10.6 Å². The maximum Gasteiger partial charge on any atom is 0.324 e. The van der Waals surface area contributed by atoms with E-state index in [-0.39, 0.29) is 11.8 Å². The number of benzene rings is 1. The molecule has 0 saturated carbocycles. The quantitative estimate of drug-likeness (QED) is 0.732. The Morgan fingerprint density at radius 2 is 1.81 bits per heavy atom. The summed E-state index contributed by atoms with van der Waals surface area (Å²) in [6.45, 7) is 2.01. The molecule has 2 amide bonds. The van der Waals surface area contributed by atoms with E-state index < -0.39 is 0 Å². The molecule has 0 radical (unpaired) electrons. The van der Waals surface area contributed by atoms with Crippen LogP contribution in [0.15, 0.2) is 54.7 Å². The normalized spacial score (nSPS) is 10.6. The fraction of sp³-hybridized carbons (Fsp3) is 0.0625. The fourth-order valence-electron chi connectivity index (χ4n) is 2.19. The number of aryl methyl sites for hydroxylation is 1. The van der Waals surface area contributed by atoms with Gasteiger partial charge in [0.15, 0.2) is 0 Å². The number of carbonyl (C=O) groups excluding carboxylic acids is 1. The van der Waals surface area contributed by atoms with Crippen molar-refractivity contribution in [3.05, 3.63) is 66.1 Å². The van der Waals surface area contributed by atoms with Crippen LogP contribution < -0.4 is 10.6 Å². The van der Waals surface area contributed by atoms with E-state index in [1.165, 1.54) is 24.3 Å². The van der Waals surface area contributed by atoms with Gasteiger partial charge in [0.2, 0.25) is 0 Å². The summed E-state index contributed by atoms with van der Waals surface area (Å²) in [5.41, 5.74) is 2.71. The maximum absolute atomic E-state index is 12.8. The number of carbonyl (C=O) groups is 1. The summed E-state index contributed by atoms with van der Waals surface area (Å²) in [5.74, 6) is 0.328. The smallest absolute Gasteiger partial charge is 0.308 e. The van der Waals surface area contributed by atoms with Gasteiger partial charge in [-0.05, 0) is 55.0 Å². The molecule has 0 aliphatic heterocycles. The Labute approximate surface area is 121 Å². The van der Waals surface area contributed by atoms with Gasteiger partial charge in [-0.2, -0.15) is 0 Å². The van der Waals surface area contributed by atoms with Crippen LogP contribution in [0.5, 0.6) is 0 Å². The molecule has 3 rings (SSSR count). The van der Waals surface area contributed by atoms with Crippen LogP contribution in [0.2, 0.25) is 0 Å². The second-order valence-corrected chi connectivity index (χ2v) is 4.75.